The average molecular weight is 350 g/mol. The summed E-state index contributed by atoms with van der Waals surface area (Å²) in [6.45, 7) is 7.65. The average Bonchev–Trinajstić information content (AvgIpc) is 2.55. The van der Waals surface area contributed by atoms with Crippen molar-refractivity contribution in [3.63, 3.8) is 0 Å². The van der Waals surface area contributed by atoms with E-state index in [0.717, 1.165) is 0 Å². The SMILES string of the molecule is CCOC(=O)CCOCCOCCOCCOCCC(=O)OCC. The second-order valence-corrected chi connectivity index (χ2v) is 4.56. The van der Waals surface area contributed by atoms with Crippen molar-refractivity contribution < 1.29 is 38.0 Å². The van der Waals surface area contributed by atoms with E-state index < -0.39 is 0 Å². The zero-order valence-corrected chi connectivity index (χ0v) is 14.8. The Morgan fingerprint density at radius 2 is 0.833 bits per heavy atom. The van der Waals surface area contributed by atoms with Gasteiger partial charge in [0.25, 0.3) is 0 Å². The van der Waals surface area contributed by atoms with E-state index in [1.807, 2.05) is 0 Å². The fourth-order valence-electron chi connectivity index (χ4n) is 1.54. The number of hydrogen-bond donors (Lipinski definition) is 0. The quantitative estimate of drug-likeness (QED) is 0.283. The molecule has 0 unspecified atom stereocenters. The molecule has 0 saturated heterocycles. The first-order chi connectivity index (χ1) is 11.7. The first-order valence-corrected chi connectivity index (χ1v) is 8.32. The third-order valence-electron chi connectivity index (χ3n) is 2.63. The van der Waals surface area contributed by atoms with Crippen molar-refractivity contribution in [2.75, 3.05) is 66.1 Å². The van der Waals surface area contributed by atoms with Crippen molar-refractivity contribution >= 4 is 11.9 Å². The Morgan fingerprint density at radius 3 is 1.12 bits per heavy atom. The predicted octanol–water partition coefficient (Wildman–Crippen LogP) is 0.959. The summed E-state index contributed by atoms with van der Waals surface area (Å²) >= 11 is 0. The number of carbonyl (C=O) groups is 2. The molecule has 0 atom stereocenters. The van der Waals surface area contributed by atoms with E-state index in [4.69, 9.17) is 28.4 Å². The van der Waals surface area contributed by atoms with E-state index in [0.29, 0.717) is 66.1 Å². The predicted molar refractivity (Wildman–Crippen MR) is 85.8 cm³/mol. The third kappa shape index (κ3) is 17.1. The van der Waals surface area contributed by atoms with Crippen LogP contribution in [0.5, 0.6) is 0 Å². The van der Waals surface area contributed by atoms with Gasteiger partial charge in [-0.2, -0.15) is 0 Å². The molecule has 0 spiro atoms. The minimum atomic E-state index is -0.253. The van der Waals surface area contributed by atoms with Crippen molar-refractivity contribution in [1.29, 1.82) is 0 Å². The highest BCUT2D eigenvalue weighted by atomic mass is 16.6. The summed E-state index contributed by atoms with van der Waals surface area (Å²) < 4.78 is 30.6. The summed E-state index contributed by atoms with van der Waals surface area (Å²) in [5, 5.41) is 0. The summed E-state index contributed by atoms with van der Waals surface area (Å²) in [4.78, 5) is 22.0. The fraction of sp³-hybridized carbons (Fsp3) is 0.875. The normalized spacial score (nSPS) is 10.6. The van der Waals surface area contributed by atoms with Gasteiger partial charge in [0, 0.05) is 0 Å². The third-order valence-corrected chi connectivity index (χ3v) is 2.63. The maximum atomic E-state index is 11.0. The molecule has 24 heavy (non-hydrogen) atoms. The van der Waals surface area contributed by atoms with Crippen LogP contribution in [0.2, 0.25) is 0 Å². The van der Waals surface area contributed by atoms with Crippen LogP contribution in [0.3, 0.4) is 0 Å². The highest BCUT2D eigenvalue weighted by Crippen LogP contribution is 1.90. The molecule has 0 fully saturated rings. The van der Waals surface area contributed by atoms with Gasteiger partial charge in [-0.05, 0) is 13.8 Å². The topological polar surface area (TPSA) is 89.5 Å². The van der Waals surface area contributed by atoms with E-state index in [1.54, 1.807) is 13.8 Å². The summed E-state index contributed by atoms with van der Waals surface area (Å²) in [6, 6.07) is 0. The number of carbonyl (C=O) groups excluding carboxylic acids is 2. The lowest BCUT2D eigenvalue weighted by atomic mass is 10.5. The summed E-state index contributed by atoms with van der Waals surface area (Å²) in [7, 11) is 0. The van der Waals surface area contributed by atoms with Gasteiger partial charge in [-0.1, -0.05) is 0 Å². The number of hydrogen-bond acceptors (Lipinski definition) is 8. The lowest BCUT2D eigenvalue weighted by molar-refractivity contribution is -0.145. The molecule has 142 valence electrons. The molecule has 0 aromatic heterocycles. The minimum Gasteiger partial charge on any atom is -0.466 e. The van der Waals surface area contributed by atoms with Crippen LogP contribution in [0.25, 0.3) is 0 Å². The van der Waals surface area contributed by atoms with E-state index in [-0.39, 0.29) is 24.8 Å². The molecule has 0 heterocycles. The molecule has 0 aromatic rings. The van der Waals surface area contributed by atoms with Crippen LogP contribution in [0, 0.1) is 0 Å². The van der Waals surface area contributed by atoms with Gasteiger partial charge in [-0.3, -0.25) is 9.59 Å². The van der Waals surface area contributed by atoms with Crippen LogP contribution in [-0.4, -0.2) is 78.0 Å². The molecule has 8 nitrogen and oxygen atoms in total. The Balaban J connectivity index is 3.10. The van der Waals surface area contributed by atoms with E-state index in [9.17, 15) is 9.59 Å². The Morgan fingerprint density at radius 1 is 0.542 bits per heavy atom. The Kier molecular flexibility index (Phi) is 17.2. The maximum Gasteiger partial charge on any atom is 0.308 e. The molecule has 0 aliphatic rings. The lowest BCUT2D eigenvalue weighted by Gasteiger charge is -2.07. The van der Waals surface area contributed by atoms with Crippen LogP contribution < -0.4 is 0 Å². The lowest BCUT2D eigenvalue weighted by Crippen LogP contribution is -2.14. The van der Waals surface area contributed by atoms with Gasteiger partial charge < -0.3 is 28.4 Å². The van der Waals surface area contributed by atoms with Gasteiger partial charge in [-0.15, -0.1) is 0 Å². The number of esters is 2. The minimum absolute atomic E-state index is 0.253. The summed E-state index contributed by atoms with van der Waals surface area (Å²) in [6.07, 6.45) is 0.514. The second kappa shape index (κ2) is 18.1. The van der Waals surface area contributed by atoms with E-state index in [2.05, 4.69) is 0 Å². The first kappa shape index (κ1) is 22.8. The molecule has 0 aliphatic carbocycles. The van der Waals surface area contributed by atoms with Crippen LogP contribution in [0.1, 0.15) is 26.7 Å². The van der Waals surface area contributed by atoms with Crippen LogP contribution in [-0.2, 0) is 38.0 Å². The van der Waals surface area contributed by atoms with Crippen molar-refractivity contribution in [1.82, 2.24) is 0 Å². The monoisotopic (exact) mass is 350 g/mol. The van der Waals surface area contributed by atoms with Crippen molar-refractivity contribution in [2.24, 2.45) is 0 Å². The van der Waals surface area contributed by atoms with Gasteiger partial charge in [0.1, 0.15) is 0 Å². The molecule has 8 heteroatoms. The standard InChI is InChI=1S/C16H30O8/c1-3-23-15(17)5-7-19-9-11-21-13-14-22-12-10-20-8-6-16(18)24-4-2/h3-14H2,1-2H3. The smallest absolute Gasteiger partial charge is 0.308 e. The summed E-state index contributed by atoms with van der Waals surface area (Å²) in [5.41, 5.74) is 0. The van der Waals surface area contributed by atoms with Gasteiger partial charge in [0.2, 0.25) is 0 Å². The zero-order chi connectivity index (χ0) is 17.9. The second-order valence-electron chi connectivity index (χ2n) is 4.56. The van der Waals surface area contributed by atoms with Gasteiger partial charge in [-0.25, -0.2) is 0 Å². The molecule has 0 rings (SSSR count). The number of rotatable bonds is 17. The van der Waals surface area contributed by atoms with E-state index in [1.165, 1.54) is 0 Å². The van der Waals surface area contributed by atoms with Gasteiger partial charge >= 0.3 is 11.9 Å². The van der Waals surface area contributed by atoms with Crippen molar-refractivity contribution in [3.05, 3.63) is 0 Å². The molecule has 0 aliphatic heterocycles. The van der Waals surface area contributed by atoms with Crippen LogP contribution >= 0.6 is 0 Å². The van der Waals surface area contributed by atoms with Crippen LogP contribution in [0.15, 0.2) is 0 Å². The zero-order valence-electron chi connectivity index (χ0n) is 14.8. The molecule has 0 bridgehead atoms. The van der Waals surface area contributed by atoms with Gasteiger partial charge in [0.15, 0.2) is 0 Å². The highest BCUT2D eigenvalue weighted by molar-refractivity contribution is 5.69. The molecule has 0 radical (unpaired) electrons. The summed E-state index contributed by atoms with van der Waals surface area (Å²) in [5.74, 6) is -0.507. The van der Waals surface area contributed by atoms with Gasteiger partial charge in [0.05, 0.1) is 78.9 Å². The molecule has 0 saturated carbocycles. The molecule has 0 amide bonds. The molecular formula is C16H30O8. The fourth-order valence-corrected chi connectivity index (χ4v) is 1.54. The first-order valence-electron chi connectivity index (χ1n) is 8.32. The molecule has 0 aromatic carbocycles. The molecule has 0 N–H and O–H groups in total. The molecular weight excluding hydrogens is 320 g/mol. The van der Waals surface area contributed by atoms with Crippen molar-refractivity contribution in [3.8, 4) is 0 Å². The Labute approximate surface area is 143 Å². The van der Waals surface area contributed by atoms with Crippen LogP contribution in [0.4, 0.5) is 0 Å². The van der Waals surface area contributed by atoms with E-state index >= 15 is 0 Å². The Bertz CT molecular complexity index is 278. The maximum absolute atomic E-state index is 11.0. The number of ether oxygens (including phenoxy) is 6. The largest absolute Gasteiger partial charge is 0.466 e. The van der Waals surface area contributed by atoms with Crippen molar-refractivity contribution in [2.45, 2.75) is 26.7 Å². The highest BCUT2D eigenvalue weighted by Gasteiger charge is 2.01. The Hall–Kier alpha value is -1.22.